The van der Waals surface area contributed by atoms with Crippen LogP contribution in [0.15, 0.2) is 24.5 Å². The van der Waals surface area contributed by atoms with Crippen LogP contribution in [0.1, 0.15) is 38.2 Å². The van der Waals surface area contributed by atoms with Crippen LogP contribution in [0.3, 0.4) is 0 Å². The fourth-order valence-corrected chi connectivity index (χ4v) is 3.27. The molecule has 1 amide bonds. The number of carbonyl (C=O) groups is 1. The molecule has 0 spiro atoms. The maximum atomic E-state index is 13.8. The summed E-state index contributed by atoms with van der Waals surface area (Å²) >= 11 is 0. The third-order valence-corrected chi connectivity index (χ3v) is 4.75. The summed E-state index contributed by atoms with van der Waals surface area (Å²) in [5, 5.41) is 3.48. The molecule has 6 nitrogen and oxygen atoms in total. The highest BCUT2D eigenvalue weighted by Crippen LogP contribution is 2.36. The first kappa shape index (κ1) is 18.5. The average molecular weight is 385 g/mol. The number of halogens is 2. The molecule has 28 heavy (non-hydrogen) atoms. The molecule has 1 aliphatic carbocycles. The van der Waals surface area contributed by atoms with E-state index in [9.17, 15) is 13.6 Å². The first-order valence-corrected chi connectivity index (χ1v) is 9.21. The number of amides is 1. The molecule has 4 rings (SSSR count). The van der Waals surface area contributed by atoms with Crippen LogP contribution < -0.4 is 5.32 Å². The molecule has 1 N–H and O–H groups in total. The minimum absolute atomic E-state index is 0.225. The predicted octanol–water partition coefficient (Wildman–Crippen LogP) is 4.28. The van der Waals surface area contributed by atoms with Crippen molar-refractivity contribution in [3.8, 4) is 11.3 Å². The number of carbonyl (C=O) groups excluding carboxylic acids is 1. The standard InChI is InChI=1S/C20H21F2N5O/c1-11-6-16(26-19(24-11)20(3,21)22)15-10-27(9-13-4-5-13)17-8-23-18(7-14(15)17)25-12(2)28/h6-8,10,13H,4-5,9H2,1-3H3,(H,23,25,28). The van der Waals surface area contributed by atoms with E-state index in [1.54, 1.807) is 25.3 Å². The second kappa shape index (κ2) is 6.61. The molecule has 0 atom stereocenters. The largest absolute Gasteiger partial charge is 0.345 e. The normalized spacial score (nSPS) is 14.5. The molecule has 146 valence electrons. The van der Waals surface area contributed by atoms with Gasteiger partial charge in [0.25, 0.3) is 0 Å². The van der Waals surface area contributed by atoms with E-state index in [1.165, 1.54) is 19.8 Å². The van der Waals surface area contributed by atoms with Gasteiger partial charge in [-0.05, 0) is 37.8 Å². The fourth-order valence-electron chi connectivity index (χ4n) is 3.27. The van der Waals surface area contributed by atoms with Gasteiger partial charge >= 0.3 is 5.92 Å². The van der Waals surface area contributed by atoms with Gasteiger partial charge in [-0.2, -0.15) is 8.78 Å². The molecule has 1 saturated carbocycles. The summed E-state index contributed by atoms with van der Waals surface area (Å²) in [5.41, 5.74) is 2.52. The molecule has 8 heteroatoms. The van der Waals surface area contributed by atoms with Crippen LogP contribution in [0.25, 0.3) is 22.2 Å². The molecule has 0 aliphatic heterocycles. The highest BCUT2D eigenvalue weighted by Gasteiger charge is 2.30. The van der Waals surface area contributed by atoms with Gasteiger partial charge in [0.1, 0.15) is 5.82 Å². The van der Waals surface area contributed by atoms with E-state index in [0.717, 1.165) is 29.9 Å². The van der Waals surface area contributed by atoms with Crippen molar-refractivity contribution in [2.75, 3.05) is 5.32 Å². The third-order valence-electron chi connectivity index (χ3n) is 4.75. The lowest BCUT2D eigenvalue weighted by Gasteiger charge is -2.11. The fraction of sp³-hybridized carbons (Fsp3) is 0.400. The van der Waals surface area contributed by atoms with Crippen LogP contribution in [0.2, 0.25) is 0 Å². The second-order valence-electron chi connectivity index (χ2n) is 7.51. The van der Waals surface area contributed by atoms with Crippen molar-refractivity contribution in [1.29, 1.82) is 0 Å². The lowest BCUT2D eigenvalue weighted by atomic mass is 10.1. The molecular weight excluding hydrogens is 364 g/mol. The number of rotatable bonds is 5. The van der Waals surface area contributed by atoms with E-state index in [4.69, 9.17) is 0 Å². The van der Waals surface area contributed by atoms with Gasteiger partial charge in [-0.15, -0.1) is 0 Å². The first-order chi connectivity index (χ1) is 13.2. The van der Waals surface area contributed by atoms with Crippen molar-refractivity contribution in [1.82, 2.24) is 19.5 Å². The highest BCUT2D eigenvalue weighted by molar-refractivity contribution is 5.98. The Morgan fingerprint density at radius 2 is 2.07 bits per heavy atom. The molecule has 3 heterocycles. The van der Waals surface area contributed by atoms with Crippen LogP contribution >= 0.6 is 0 Å². The van der Waals surface area contributed by atoms with Gasteiger partial charge in [0.05, 0.1) is 17.4 Å². The minimum Gasteiger partial charge on any atom is -0.345 e. The van der Waals surface area contributed by atoms with Gasteiger partial charge in [0.15, 0.2) is 5.82 Å². The minimum atomic E-state index is -3.13. The molecule has 0 bridgehead atoms. The van der Waals surface area contributed by atoms with Crippen molar-refractivity contribution in [2.45, 2.75) is 46.1 Å². The molecule has 3 aromatic rings. The zero-order valence-electron chi connectivity index (χ0n) is 16.0. The van der Waals surface area contributed by atoms with Crippen molar-refractivity contribution in [2.24, 2.45) is 5.92 Å². The molecule has 0 radical (unpaired) electrons. The Morgan fingerprint density at radius 3 is 2.71 bits per heavy atom. The predicted molar refractivity (Wildman–Crippen MR) is 102 cm³/mol. The van der Waals surface area contributed by atoms with Crippen molar-refractivity contribution in [3.05, 3.63) is 36.0 Å². The molecule has 3 aromatic heterocycles. The zero-order valence-corrected chi connectivity index (χ0v) is 16.0. The zero-order chi connectivity index (χ0) is 20.1. The summed E-state index contributed by atoms with van der Waals surface area (Å²) in [6, 6.07) is 3.46. The number of aryl methyl sites for hydroxylation is 1. The van der Waals surface area contributed by atoms with Crippen LogP contribution in [0.4, 0.5) is 14.6 Å². The Labute approximate surface area is 161 Å². The number of alkyl halides is 2. The number of pyridine rings is 1. The van der Waals surface area contributed by atoms with Crippen molar-refractivity contribution < 1.29 is 13.6 Å². The summed E-state index contributed by atoms with van der Waals surface area (Å²) in [5.74, 6) is -2.81. The van der Waals surface area contributed by atoms with Crippen LogP contribution in [-0.2, 0) is 17.3 Å². The first-order valence-electron chi connectivity index (χ1n) is 9.21. The van der Waals surface area contributed by atoms with Gasteiger partial charge in [0.2, 0.25) is 5.91 Å². The quantitative estimate of drug-likeness (QED) is 0.711. The van der Waals surface area contributed by atoms with Crippen LogP contribution in [0, 0.1) is 12.8 Å². The summed E-state index contributed by atoms with van der Waals surface area (Å²) in [6.07, 6.45) is 6.01. The van der Waals surface area contributed by atoms with Gasteiger partial charge in [-0.3, -0.25) is 4.79 Å². The molecule has 0 unspecified atom stereocenters. The maximum absolute atomic E-state index is 13.8. The average Bonchev–Trinajstić information content (AvgIpc) is 3.34. The SMILES string of the molecule is CC(=O)Nc1cc2c(-c3cc(C)nc(C(C)(F)F)n3)cn(CC3CC3)c2cn1. The summed E-state index contributed by atoms with van der Waals surface area (Å²) < 4.78 is 29.8. The lowest BCUT2D eigenvalue weighted by molar-refractivity contribution is -0.114. The van der Waals surface area contributed by atoms with Gasteiger partial charge in [-0.25, -0.2) is 15.0 Å². The highest BCUT2D eigenvalue weighted by atomic mass is 19.3. The topological polar surface area (TPSA) is 72.7 Å². The van der Waals surface area contributed by atoms with Crippen LogP contribution in [-0.4, -0.2) is 25.4 Å². The Kier molecular flexibility index (Phi) is 4.36. The molecule has 1 aliphatic rings. The Morgan fingerprint density at radius 1 is 1.32 bits per heavy atom. The Balaban J connectivity index is 1.89. The van der Waals surface area contributed by atoms with E-state index in [0.29, 0.717) is 23.1 Å². The number of hydrogen-bond donors (Lipinski definition) is 1. The summed E-state index contributed by atoms with van der Waals surface area (Å²) in [6.45, 7) is 4.72. The number of anilines is 1. The number of fused-ring (bicyclic) bond motifs is 1. The summed E-state index contributed by atoms with van der Waals surface area (Å²) in [7, 11) is 0. The Bertz CT molecular complexity index is 1070. The third kappa shape index (κ3) is 3.72. The smallest absolute Gasteiger partial charge is 0.303 e. The molecule has 0 aromatic carbocycles. The number of hydrogen-bond acceptors (Lipinski definition) is 4. The number of nitrogens with zero attached hydrogens (tertiary/aromatic N) is 4. The molecule has 0 saturated heterocycles. The van der Waals surface area contributed by atoms with Gasteiger partial charge in [-0.1, -0.05) is 0 Å². The van der Waals surface area contributed by atoms with Crippen molar-refractivity contribution in [3.63, 3.8) is 0 Å². The summed E-state index contributed by atoms with van der Waals surface area (Å²) in [4.78, 5) is 23.8. The van der Waals surface area contributed by atoms with E-state index in [1.807, 2.05) is 6.20 Å². The van der Waals surface area contributed by atoms with Gasteiger partial charge < -0.3 is 9.88 Å². The number of aromatic nitrogens is 4. The van der Waals surface area contributed by atoms with E-state index < -0.39 is 11.7 Å². The second-order valence-corrected chi connectivity index (χ2v) is 7.51. The molecular formula is C20H21F2N5O. The van der Waals surface area contributed by atoms with Crippen molar-refractivity contribution >= 4 is 22.6 Å². The molecule has 1 fully saturated rings. The number of nitrogens with one attached hydrogen (secondary N) is 1. The van der Waals surface area contributed by atoms with E-state index >= 15 is 0 Å². The Hall–Kier alpha value is -2.90. The van der Waals surface area contributed by atoms with Gasteiger partial charge in [0, 0.05) is 43.2 Å². The lowest BCUT2D eigenvalue weighted by Crippen LogP contribution is -2.13. The van der Waals surface area contributed by atoms with E-state index in [2.05, 4.69) is 24.8 Å². The van der Waals surface area contributed by atoms with Crippen LogP contribution in [0.5, 0.6) is 0 Å². The maximum Gasteiger partial charge on any atom is 0.303 e. The monoisotopic (exact) mass is 385 g/mol. The van der Waals surface area contributed by atoms with E-state index in [-0.39, 0.29) is 5.91 Å².